The number of hydrogen-bond donors (Lipinski definition) is 4. The maximum atomic E-state index is 10.5. The Hall–Kier alpha value is -2.36. The molecule has 4 nitrogen and oxygen atoms in total. The van der Waals surface area contributed by atoms with E-state index in [9.17, 15) is 20.4 Å². The van der Waals surface area contributed by atoms with Gasteiger partial charge in [0.05, 0.1) is 0 Å². The van der Waals surface area contributed by atoms with Crippen LogP contribution in [0.2, 0.25) is 0 Å². The lowest BCUT2D eigenvalue weighted by molar-refractivity contribution is 0.239. The Bertz CT molecular complexity index is 727. The average Bonchev–Trinajstić information content (AvgIpc) is 2.66. The van der Waals surface area contributed by atoms with E-state index in [-0.39, 0.29) is 28.9 Å². The molecule has 0 atom stereocenters. The molecule has 0 spiro atoms. The van der Waals surface area contributed by atoms with Crippen LogP contribution in [0.3, 0.4) is 0 Å². The minimum absolute atomic E-state index is 0.0227. The van der Waals surface area contributed by atoms with E-state index in [0.717, 1.165) is 18.8 Å². The number of hydrogen-bond acceptors (Lipinski definition) is 4. The van der Waals surface area contributed by atoms with E-state index in [0.29, 0.717) is 17.0 Å². The molecule has 1 aliphatic rings. The van der Waals surface area contributed by atoms with Gasteiger partial charge in [0.1, 0.15) is 23.0 Å². The van der Waals surface area contributed by atoms with E-state index in [2.05, 4.69) is 6.92 Å². The van der Waals surface area contributed by atoms with Gasteiger partial charge < -0.3 is 20.4 Å². The Morgan fingerprint density at radius 2 is 1.32 bits per heavy atom. The largest absolute Gasteiger partial charge is 0.508 e. The molecule has 4 heteroatoms. The first kappa shape index (κ1) is 20.4. The molecule has 2 aromatic rings. The van der Waals surface area contributed by atoms with E-state index in [1.54, 1.807) is 24.3 Å². The van der Waals surface area contributed by atoms with Crippen LogP contribution in [0.5, 0.6) is 23.0 Å². The van der Waals surface area contributed by atoms with Crippen molar-refractivity contribution < 1.29 is 20.4 Å². The maximum absolute atomic E-state index is 10.5. The SMILES string of the molecule is CCCCCC1CCC(C(c2ccc(O)cc2O)c2ccc(O)cc2O)CC1. The average molecular weight is 385 g/mol. The van der Waals surface area contributed by atoms with Gasteiger partial charge in [-0.1, -0.05) is 57.6 Å². The van der Waals surface area contributed by atoms with Crippen molar-refractivity contribution in [3.63, 3.8) is 0 Å². The number of phenolic OH excluding ortho intramolecular Hbond substituents is 4. The Labute approximate surface area is 167 Å². The van der Waals surface area contributed by atoms with Crippen LogP contribution in [0, 0.1) is 11.8 Å². The van der Waals surface area contributed by atoms with Crippen LogP contribution in [0.4, 0.5) is 0 Å². The quantitative estimate of drug-likeness (QED) is 0.440. The van der Waals surface area contributed by atoms with Gasteiger partial charge in [0.25, 0.3) is 0 Å². The number of rotatable bonds is 7. The van der Waals surface area contributed by atoms with Crippen LogP contribution < -0.4 is 0 Å². The zero-order valence-corrected chi connectivity index (χ0v) is 16.6. The van der Waals surface area contributed by atoms with Gasteiger partial charge in [0, 0.05) is 29.2 Å². The predicted molar refractivity (Wildman–Crippen MR) is 111 cm³/mol. The highest BCUT2D eigenvalue weighted by molar-refractivity contribution is 5.50. The minimum atomic E-state index is -0.169. The van der Waals surface area contributed by atoms with Gasteiger partial charge in [0.15, 0.2) is 0 Å². The lowest BCUT2D eigenvalue weighted by Crippen LogP contribution is -2.22. The molecule has 0 unspecified atom stereocenters. The summed E-state index contributed by atoms with van der Waals surface area (Å²) < 4.78 is 0. The van der Waals surface area contributed by atoms with Crippen LogP contribution in [-0.4, -0.2) is 20.4 Å². The molecule has 1 fully saturated rings. The van der Waals surface area contributed by atoms with Crippen molar-refractivity contribution >= 4 is 0 Å². The van der Waals surface area contributed by atoms with Crippen molar-refractivity contribution in [3.05, 3.63) is 47.5 Å². The third-order valence-electron chi connectivity index (χ3n) is 6.28. The Morgan fingerprint density at radius 3 is 1.79 bits per heavy atom. The molecular weight excluding hydrogens is 352 g/mol. The summed E-state index contributed by atoms with van der Waals surface area (Å²) in [6, 6.07) is 9.36. The molecule has 1 saturated carbocycles. The van der Waals surface area contributed by atoms with Gasteiger partial charge in [0.2, 0.25) is 0 Å². The molecule has 152 valence electrons. The van der Waals surface area contributed by atoms with Crippen LogP contribution in [-0.2, 0) is 0 Å². The fourth-order valence-electron chi connectivity index (χ4n) is 4.76. The first-order chi connectivity index (χ1) is 13.5. The van der Waals surface area contributed by atoms with Crippen LogP contribution in [0.1, 0.15) is 75.3 Å². The molecule has 28 heavy (non-hydrogen) atoms. The monoisotopic (exact) mass is 384 g/mol. The van der Waals surface area contributed by atoms with Crippen molar-refractivity contribution in [1.82, 2.24) is 0 Å². The third kappa shape index (κ3) is 4.73. The maximum Gasteiger partial charge on any atom is 0.123 e. The summed E-state index contributed by atoms with van der Waals surface area (Å²) in [4.78, 5) is 0. The van der Waals surface area contributed by atoms with Crippen molar-refractivity contribution in [2.24, 2.45) is 11.8 Å². The molecule has 0 aromatic heterocycles. The molecule has 0 amide bonds. The fourth-order valence-corrected chi connectivity index (χ4v) is 4.76. The lowest BCUT2D eigenvalue weighted by atomic mass is 9.70. The number of aromatic hydroxyl groups is 4. The van der Waals surface area contributed by atoms with Crippen molar-refractivity contribution in [2.45, 2.75) is 64.2 Å². The van der Waals surface area contributed by atoms with E-state index in [1.807, 2.05) is 0 Å². The van der Waals surface area contributed by atoms with Gasteiger partial charge in [-0.3, -0.25) is 0 Å². The first-order valence-electron chi connectivity index (χ1n) is 10.5. The molecule has 0 aliphatic heterocycles. The molecule has 0 heterocycles. The third-order valence-corrected chi connectivity index (χ3v) is 6.28. The molecule has 2 aromatic carbocycles. The summed E-state index contributed by atoms with van der Waals surface area (Å²) >= 11 is 0. The van der Waals surface area contributed by atoms with Gasteiger partial charge in [-0.2, -0.15) is 0 Å². The van der Waals surface area contributed by atoms with Crippen molar-refractivity contribution in [2.75, 3.05) is 0 Å². The zero-order chi connectivity index (χ0) is 20.1. The summed E-state index contributed by atoms with van der Waals surface area (Å²) in [6.45, 7) is 2.23. The Morgan fingerprint density at radius 1 is 0.786 bits per heavy atom. The summed E-state index contributed by atoms with van der Waals surface area (Å²) in [5.74, 6) is 1.03. The second-order valence-corrected chi connectivity index (χ2v) is 8.24. The van der Waals surface area contributed by atoms with E-state index < -0.39 is 0 Å². The summed E-state index contributed by atoms with van der Waals surface area (Å²) in [6.07, 6.45) is 9.56. The van der Waals surface area contributed by atoms with E-state index in [4.69, 9.17) is 0 Å². The molecule has 0 radical (unpaired) electrons. The highest BCUT2D eigenvalue weighted by Crippen LogP contribution is 2.48. The van der Waals surface area contributed by atoms with Crippen molar-refractivity contribution in [3.8, 4) is 23.0 Å². The smallest absolute Gasteiger partial charge is 0.123 e. The molecular formula is C24H32O4. The second kappa shape index (κ2) is 9.22. The molecule has 3 rings (SSSR count). The van der Waals surface area contributed by atoms with E-state index in [1.165, 1.54) is 50.7 Å². The summed E-state index contributed by atoms with van der Waals surface area (Å²) in [5.41, 5.74) is 1.43. The minimum Gasteiger partial charge on any atom is -0.508 e. The van der Waals surface area contributed by atoms with Crippen LogP contribution >= 0.6 is 0 Å². The van der Waals surface area contributed by atoms with Crippen molar-refractivity contribution in [1.29, 1.82) is 0 Å². The number of benzene rings is 2. The van der Waals surface area contributed by atoms with Gasteiger partial charge in [-0.15, -0.1) is 0 Å². The highest BCUT2D eigenvalue weighted by atomic mass is 16.3. The normalized spacial score (nSPS) is 19.8. The topological polar surface area (TPSA) is 80.9 Å². The second-order valence-electron chi connectivity index (χ2n) is 8.24. The summed E-state index contributed by atoms with van der Waals surface area (Å²) in [7, 11) is 0. The Balaban J connectivity index is 1.85. The van der Waals surface area contributed by atoms with Crippen LogP contribution in [0.15, 0.2) is 36.4 Å². The highest BCUT2D eigenvalue weighted by Gasteiger charge is 2.32. The van der Waals surface area contributed by atoms with Gasteiger partial charge >= 0.3 is 0 Å². The predicted octanol–water partition coefficient (Wildman–Crippen LogP) is 6.03. The summed E-state index contributed by atoms with van der Waals surface area (Å²) in [5, 5.41) is 40.4. The number of phenols is 4. The molecule has 4 N–H and O–H groups in total. The molecule has 0 saturated heterocycles. The standard InChI is InChI=1S/C24H32O4/c1-2-3-4-5-16-6-8-17(9-7-16)24(20-12-10-18(25)14-22(20)27)21-13-11-19(26)15-23(21)28/h10-17,24-28H,2-9H2,1H3. The molecule has 0 bridgehead atoms. The zero-order valence-electron chi connectivity index (χ0n) is 16.6. The van der Waals surface area contributed by atoms with Gasteiger partial charge in [-0.25, -0.2) is 0 Å². The number of unbranched alkanes of at least 4 members (excludes halogenated alkanes) is 2. The van der Waals surface area contributed by atoms with Gasteiger partial charge in [-0.05, 0) is 36.8 Å². The Kier molecular flexibility index (Phi) is 6.71. The fraction of sp³-hybridized carbons (Fsp3) is 0.500. The first-order valence-corrected chi connectivity index (χ1v) is 10.5. The molecule has 1 aliphatic carbocycles. The lowest BCUT2D eigenvalue weighted by Gasteiger charge is -2.35. The van der Waals surface area contributed by atoms with E-state index >= 15 is 0 Å². The van der Waals surface area contributed by atoms with Crippen LogP contribution in [0.25, 0.3) is 0 Å².